The monoisotopic (exact) mass is 427 g/mol. The highest BCUT2D eigenvalue weighted by molar-refractivity contribution is 9.10. The van der Waals surface area contributed by atoms with Crippen LogP contribution in [0.25, 0.3) is 0 Å². The van der Waals surface area contributed by atoms with Gasteiger partial charge >= 0.3 is 0 Å². The quantitative estimate of drug-likeness (QED) is 0.355. The number of anilines is 1. The highest BCUT2D eigenvalue weighted by atomic mass is 79.9. The minimum Gasteiger partial charge on any atom is -0.493 e. The SMILES string of the molecule is CCC(=O)N(c1nnc(SCCOc2ccc(Br)cc2)s1)C1CC1. The number of hydrogen-bond acceptors (Lipinski definition) is 6. The topological polar surface area (TPSA) is 55.3 Å². The number of thioether (sulfide) groups is 1. The molecule has 1 aliphatic carbocycles. The number of benzene rings is 1. The number of carbonyl (C=O) groups excluding carboxylic acids is 1. The lowest BCUT2D eigenvalue weighted by molar-refractivity contribution is -0.118. The van der Waals surface area contributed by atoms with E-state index in [1.807, 2.05) is 36.1 Å². The third-order valence-corrected chi connectivity index (χ3v) is 6.03. The van der Waals surface area contributed by atoms with Crippen molar-refractivity contribution in [2.75, 3.05) is 17.3 Å². The minimum absolute atomic E-state index is 0.128. The molecule has 0 unspecified atom stereocenters. The average molecular weight is 428 g/mol. The van der Waals surface area contributed by atoms with Gasteiger partial charge in [0.05, 0.1) is 6.61 Å². The van der Waals surface area contributed by atoms with Crippen molar-refractivity contribution in [3.05, 3.63) is 28.7 Å². The van der Waals surface area contributed by atoms with Crippen molar-refractivity contribution < 1.29 is 9.53 Å². The normalized spacial score (nSPS) is 13.8. The number of carbonyl (C=O) groups is 1. The molecular weight excluding hydrogens is 410 g/mol. The molecule has 5 nitrogen and oxygen atoms in total. The highest BCUT2D eigenvalue weighted by Crippen LogP contribution is 2.36. The van der Waals surface area contributed by atoms with E-state index in [9.17, 15) is 4.79 Å². The summed E-state index contributed by atoms with van der Waals surface area (Å²) in [6, 6.07) is 8.10. The van der Waals surface area contributed by atoms with Gasteiger partial charge < -0.3 is 4.74 Å². The van der Waals surface area contributed by atoms with Crippen molar-refractivity contribution in [3.8, 4) is 5.75 Å². The second kappa shape index (κ2) is 8.31. The van der Waals surface area contributed by atoms with Crippen LogP contribution in [0.3, 0.4) is 0 Å². The lowest BCUT2D eigenvalue weighted by atomic mass is 10.3. The molecular formula is C16H18BrN3O2S2. The Kier molecular flexibility index (Phi) is 6.13. The van der Waals surface area contributed by atoms with Crippen molar-refractivity contribution in [1.29, 1.82) is 0 Å². The predicted molar refractivity (Wildman–Crippen MR) is 101 cm³/mol. The van der Waals surface area contributed by atoms with E-state index in [1.165, 1.54) is 11.3 Å². The number of halogens is 1. The van der Waals surface area contributed by atoms with Crippen LogP contribution < -0.4 is 9.64 Å². The largest absolute Gasteiger partial charge is 0.493 e. The third-order valence-electron chi connectivity index (χ3n) is 3.48. The minimum atomic E-state index is 0.128. The van der Waals surface area contributed by atoms with Crippen molar-refractivity contribution in [3.63, 3.8) is 0 Å². The van der Waals surface area contributed by atoms with Gasteiger partial charge in [-0.25, -0.2) is 0 Å². The molecule has 24 heavy (non-hydrogen) atoms. The molecule has 2 aromatic rings. The first kappa shape index (κ1) is 17.7. The van der Waals surface area contributed by atoms with Crippen LogP contribution in [0.5, 0.6) is 5.75 Å². The summed E-state index contributed by atoms with van der Waals surface area (Å²) in [5.41, 5.74) is 0. The summed E-state index contributed by atoms with van der Waals surface area (Å²) in [6.07, 6.45) is 2.63. The van der Waals surface area contributed by atoms with Crippen molar-refractivity contribution in [2.45, 2.75) is 36.6 Å². The van der Waals surface area contributed by atoms with E-state index in [2.05, 4.69) is 26.1 Å². The summed E-state index contributed by atoms with van der Waals surface area (Å²) >= 11 is 6.49. The van der Waals surface area contributed by atoms with Gasteiger partial charge in [0.1, 0.15) is 5.75 Å². The molecule has 1 amide bonds. The van der Waals surface area contributed by atoms with Gasteiger partial charge in [0.15, 0.2) is 4.34 Å². The van der Waals surface area contributed by atoms with Gasteiger partial charge in [0, 0.05) is 22.7 Å². The molecule has 1 fully saturated rings. The molecule has 0 radical (unpaired) electrons. The summed E-state index contributed by atoms with van der Waals surface area (Å²) in [7, 11) is 0. The van der Waals surface area contributed by atoms with Crippen LogP contribution in [0.2, 0.25) is 0 Å². The molecule has 0 bridgehead atoms. The molecule has 8 heteroatoms. The number of ether oxygens (including phenoxy) is 1. The van der Waals surface area contributed by atoms with Gasteiger partial charge in [0.25, 0.3) is 0 Å². The Morgan fingerprint density at radius 1 is 1.38 bits per heavy atom. The first-order valence-electron chi connectivity index (χ1n) is 7.84. The highest BCUT2D eigenvalue weighted by Gasteiger charge is 2.35. The predicted octanol–water partition coefficient (Wildman–Crippen LogP) is 4.38. The Morgan fingerprint density at radius 2 is 2.12 bits per heavy atom. The Balaban J connectivity index is 1.49. The summed E-state index contributed by atoms with van der Waals surface area (Å²) in [5.74, 6) is 1.77. The number of rotatable bonds is 8. The molecule has 0 saturated heterocycles. The number of aromatic nitrogens is 2. The van der Waals surface area contributed by atoms with E-state index >= 15 is 0 Å². The standard InChI is InChI=1S/C16H18BrN3O2S2/c1-2-14(21)20(12-5-6-12)15-18-19-16(24-15)23-10-9-22-13-7-3-11(17)4-8-13/h3-4,7-8,12H,2,5-6,9-10H2,1H3. The van der Waals surface area contributed by atoms with Crippen molar-refractivity contribution >= 4 is 50.1 Å². The molecule has 3 rings (SSSR count). The maximum absolute atomic E-state index is 12.1. The van der Waals surface area contributed by atoms with Crippen LogP contribution in [0, 0.1) is 0 Å². The van der Waals surface area contributed by atoms with Gasteiger partial charge in [-0.3, -0.25) is 9.69 Å². The van der Waals surface area contributed by atoms with Gasteiger partial charge in [0.2, 0.25) is 11.0 Å². The third kappa shape index (κ3) is 4.70. The fourth-order valence-corrected chi connectivity index (χ4v) is 4.23. The molecule has 1 aliphatic rings. The Bertz CT molecular complexity index is 689. The van der Waals surface area contributed by atoms with Crippen LogP contribution in [-0.2, 0) is 4.79 Å². The van der Waals surface area contributed by atoms with Gasteiger partial charge in [-0.05, 0) is 37.1 Å². The second-order valence-corrected chi connectivity index (χ2v) is 8.56. The van der Waals surface area contributed by atoms with Crippen molar-refractivity contribution in [2.24, 2.45) is 0 Å². The van der Waals surface area contributed by atoms with Gasteiger partial charge in [-0.2, -0.15) is 0 Å². The van der Waals surface area contributed by atoms with E-state index < -0.39 is 0 Å². The van der Waals surface area contributed by atoms with Crippen LogP contribution in [0.1, 0.15) is 26.2 Å². The fraction of sp³-hybridized carbons (Fsp3) is 0.438. The summed E-state index contributed by atoms with van der Waals surface area (Å²) in [4.78, 5) is 13.9. The van der Waals surface area contributed by atoms with Crippen LogP contribution >= 0.6 is 39.0 Å². The fourth-order valence-electron chi connectivity index (χ4n) is 2.15. The van der Waals surface area contributed by atoms with Crippen LogP contribution in [0.4, 0.5) is 5.13 Å². The lowest BCUT2D eigenvalue weighted by Crippen LogP contribution is -2.32. The summed E-state index contributed by atoms with van der Waals surface area (Å²) < 4.78 is 7.60. The number of nitrogens with zero attached hydrogens (tertiary/aromatic N) is 3. The summed E-state index contributed by atoms with van der Waals surface area (Å²) in [6.45, 7) is 2.48. The number of hydrogen-bond donors (Lipinski definition) is 0. The zero-order valence-electron chi connectivity index (χ0n) is 13.3. The van der Waals surface area contributed by atoms with Crippen LogP contribution in [0.15, 0.2) is 33.1 Å². The Hall–Kier alpha value is -1.12. The molecule has 1 aromatic carbocycles. The second-order valence-electron chi connectivity index (χ2n) is 5.35. The molecule has 0 aliphatic heterocycles. The zero-order chi connectivity index (χ0) is 16.9. The Labute approximate surface area is 157 Å². The molecule has 1 heterocycles. The Morgan fingerprint density at radius 3 is 2.79 bits per heavy atom. The first-order valence-corrected chi connectivity index (χ1v) is 10.4. The van der Waals surface area contributed by atoms with Gasteiger partial charge in [-0.1, -0.05) is 46.0 Å². The molecule has 1 aromatic heterocycles. The molecule has 0 spiro atoms. The molecule has 0 N–H and O–H groups in total. The van der Waals surface area contributed by atoms with E-state index in [0.717, 1.165) is 38.3 Å². The number of amides is 1. The average Bonchev–Trinajstić information content (AvgIpc) is 3.31. The van der Waals surface area contributed by atoms with E-state index in [0.29, 0.717) is 19.1 Å². The lowest BCUT2D eigenvalue weighted by Gasteiger charge is -2.17. The first-order chi connectivity index (χ1) is 11.7. The smallest absolute Gasteiger partial charge is 0.228 e. The molecule has 1 saturated carbocycles. The van der Waals surface area contributed by atoms with E-state index in [1.54, 1.807) is 11.8 Å². The van der Waals surface area contributed by atoms with Crippen molar-refractivity contribution in [1.82, 2.24) is 10.2 Å². The summed E-state index contributed by atoms with van der Waals surface area (Å²) in [5, 5.41) is 9.12. The van der Waals surface area contributed by atoms with E-state index in [-0.39, 0.29) is 5.91 Å². The van der Waals surface area contributed by atoms with Gasteiger partial charge in [-0.15, -0.1) is 10.2 Å². The maximum atomic E-state index is 12.1. The zero-order valence-corrected chi connectivity index (χ0v) is 16.5. The molecule has 128 valence electrons. The maximum Gasteiger partial charge on any atom is 0.228 e. The van der Waals surface area contributed by atoms with E-state index in [4.69, 9.17) is 4.74 Å². The molecule has 0 atom stereocenters. The van der Waals surface area contributed by atoms with Crippen LogP contribution in [-0.4, -0.2) is 34.5 Å².